The Labute approximate surface area is 163 Å². The SMILES string of the molecule is CC(=N)NC(=O)C1=C(N2CCC(NC3CCCCC3)[C@@H](C)C2)NCC(C)=C1. The highest BCUT2D eigenvalue weighted by Crippen LogP contribution is 2.26. The highest BCUT2D eigenvalue weighted by atomic mass is 16.1. The molecule has 0 bridgehead atoms. The lowest BCUT2D eigenvalue weighted by atomic mass is 9.89. The van der Waals surface area contributed by atoms with Crippen LogP contribution in [0, 0.1) is 11.3 Å². The van der Waals surface area contributed by atoms with Crippen LogP contribution in [0.2, 0.25) is 0 Å². The third-order valence-corrected chi connectivity index (χ3v) is 6.00. The van der Waals surface area contributed by atoms with E-state index in [9.17, 15) is 4.79 Å². The van der Waals surface area contributed by atoms with E-state index in [-0.39, 0.29) is 11.7 Å². The number of piperidine rings is 1. The number of carbonyl (C=O) groups excluding carboxylic acids is 1. The van der Waals surface area contributed by atoms with Crippen molar-refractivity contribution in [1.82, 2.24) is 20.9 Å². The smallest absolute Gasteiger partial charge is 0.260 e. The fourth-order valence-corrected chi connectivity index (χ4v) is 4.55. The molecule has 0 spiro atoms. The standard InChI is InChI=1S/C21H35N5O/c1-14-11-18(21(27)24-16(3)22)20(23-12-14)26-10-9-19(15(2)13-26)25-17-7-5-4-6-8-17/h11,15,17,19,23,25H,4-10,12-13H2,1-3H3,(H2,22,24,27)/t15-,19?/m0/s1. The van der Waals surface area contributed by atoms with E-state index >= 15 is 0 Å². The molecule has 2 aliphatic heterocycles. The predicted molar refractivity (Wildman–Crippen MR) is 109 cm³/mol. The maximum atomic E-state index is 12.6. The van der Waals surface area contributed by atoms with Gasteiger partial charge < -0.3 is 20.9 Å². The molecule has 2 atom stereocenters. The first kappa shape index (κ1) is 19.9. The summed E-state index contributed by atoms with van der Waals surface area (Å²) < 4.78 is 0. The van der Waals surface area contributed by atoms with E-state index in [4.69, 9.17) is 5.41 Å². The van der Waals surface area contributed by atoms with Crippen molar-refractivity contribution in [2.45, 2.75) is 71.4 Å². The molecule has 1 unspecified atom stereocenters. The van der Waals surface area contributed by atoms with Crippen LogP contribution in [0.4, 0.5) is 0 Å². The topological polar surface area (TPSA) is 80.2 Å². The van der Waals surface area contributed by atoms with Gasteiger partial charge in [-0.3, -0.25) is 10.2 Å². The van der Waals surface area contributed by atoms with Crippen LogP contribution >= 0.6 is 0 Å². The molecule has 6 nitrogen and oxygen atoms in total. The molecule has 1 aliphatic carbocycles. The molecule has 0 aromatic rings. The summed E-state index contributed by atoms with van der Waals surface area (Å²) in [6, 6.07) is 1.25. The van der Waals surface area contributed by atoms with Crippen molar-refractivity contribution in [3.05, 3.63) is 23.0 Å². The molecule has 3 rings (SSSR count). The zero-order chi connectivity index (χ0) is 19.4. The average molecular weight is 374 g/mol. The predicted octanol–water partition coefficient (Wildman–Crippen LogP) is 2.49. The zero-order valence-corrected chi connectivity index (χ0v) is 17.0. The summed E-state index contributed by atoms with van der Waals surface area (Å²) >= 11 is 0. The Hall–Kier alpha value is -1.82. The molecule has 0 radical (unpaired) electrons. The van der Waals surface area contributed by atoms with E-state index in [2.05, 4.69) is 27.8 Å². The largest absolute Gasteiger partial charge is 0.367 e. The molecule has 3 aliphatic rings. The number of hydrogen-bond acceptors (Lipinski definition) is 5. The van der Waals surface area contributed by atoms with Gasteiger partial charge in [0.25, 0.3) is 5.91 Å². The molecule has 27 heavy (non-hydrogen) atoms. The molecule has 2 heterocycles. The Morgan fingerprint density at radius 2 is 2.00 bits per heavy atom. The zero-order valence-electron chi connectivity index (χ0n) is 17.0. The monoisotopic (exact) mass is 373 g/mol. The summed E-state index contributed by atoms with van der Waals surface area (Å²) in [5.74, 6) is 1.43. The van der Waals surface area contributed by atoms with Gasteiger partial charge in [-0.15, -0.1) is 0 Å². The van der Waals surface area contributed by atoms with Crippen molar-refractivity contribution < 1.29 is 4.79 Å². The Morgan fingerprint density at radius 3 is 2.67 bits per heavy atom. The number of likely N-dealkylation sites (tertiary alicyclic amines) is 1. The number of amides is 1. The summed E-state index contributed by atoms with van der Waals surface area (Å²) in [4.78, 5) is 14.9. The molecular formula is C21H35N5O. The Morgan fingerprint density at radius 1 is 1.26 bits per heavy atom. The minimum atomic E-state index is -0.195. The van der Waals surface area contributed by atoms with E-state index in [1.54, 1.807) is 6.92 Å². The lowest BCUT2D eigenvalue weighted by Gasteiger charge is -2.42. The van der Waals surface area contributed by atoms with Gasteiger partial charge in [-0.05, 0) is 45.1 Å². The van der Waals surface area contributed by atoms with Crippen LogP contribution in [0.5, 0.6) is 0 Å². The van der Waals surface area contributed by atoms with Crippen LogP contribution in [-0.2, 0) is 4.79 Å². The van der Waals surface area contributed by atoms with Gasteiger partial charge in [0.15, 0.2) is 0 Å². The van der Waals surface area contributed by atoms with Gasteiger partial charge in [0.1, 0.15) is 5.82 Å². The molecule has 150 valence electrons. The lowest BCUT2D eigenvalue weighted by Crippen LogP contribution is -2.53. The van der Waals surface area contributed by atoms with Gasteiger partial charge in [0, 0.05) is 31.7 Å². The van der Waals surface area contributed by atoms with Gasteiger partial charge in [-0.1, -0.05) is 31.8 Å². The van der Waals surface area contributed by atoms with Crippen LogP contribution in [0.25, 0.3) is 0 Å². The minimum absolute atomic E-state index is 0.173. The summed E-state index contributed by atoms with van der Waals surface area (Å²) in [5, 5.41) is 17.6. The van der Waals surface area contributed by atoms with Gasteiger partial charge in [0.2, 0.25) is 0 Å². The first-order valence-corrected chi connectivity index (χ1v) is 10.5. The maximum Gasteiger partial charge on any atom is 0.260 e. The van der Waals surface area contributed by atoms with Crippen molar-refractivity contribution in [2.24, 2.45) is 5.92 Å². The molecule has 0 aromatic heterocycles. The third-order valence-electron chi connectivity index (χ3n) is 6.00. The number of carbonyl (C=O) groups is 1. The van der Waals surface area contributed by atoms with E-state index in [1.165, 1.54) is 32.1 Å². The second-order valence-corrected chi connectivity index (χ2v) is 8.51. The molecule has 2 fully saturated rings. The Balaban J connectivity index is 1.68. The number of hydrogen-bond donors (Lipinski definition) is 4. The van der Waals surface area contributed by atoms with Crippen LogP contribution in [-0.4, -0.2) is 48.4 Å². The Kier molecular flexibility index (Phi) is 6.58. The van der Waals surface area contributed by atoms with Gasteiger partial charge in [-0.25, -0.2) is 0 Å². The second-order valence-electron chi connectivity index (χ2n) is 8.51. The Bertz CT molecular complexity index is 632. The molecule has 6 heteroatoms. The summed E-state index contributed by atoms with van der Waals surface area (Å²) in [6.45, 7) is 8.60. The number of nitrogens with one attached hydrogen (secondary N) is 4. The van der Waals surface area contributed by atoms with E-state index in [0.717, 1.165) is 37.4 Å². The summed E-state index contributed by atoms with van der Waals surface area (Å²) in [7, 11) is 0. The summed E-state index contributed by atoms with van der Waals surface area (Å²) in [5.41, 5.74) is 1.78. The fourth-order valence-electron chi connectivity index (χ4n) is 4.55. The third kappa shape index (κ3) is 5.12. The van der Waals surface area contributed by atoms with Crippen molar-refractivity contribution in [2.75, 3.05) is 19.6 Å². The van der Waals surface area contributed by atoms with E-state index in [0.29, 0.717) is 23.6 Å². The van der Waals surface area contributed by atoms with Gasteiger partial charge >= 0.3 is 0 Å². The molecule has 1 saturated heterocycles. The first-order chi connectivity index (χ1) is 12.9. The maximum absolute atomic E-state index is 12.6. The first-order valence-electron chi connectivity index (χ1n) is 10.5. The van der Waals surface area contributed by atoms with Crippen molar-refractivity contribution >= 4 is 11.7 Å². The number of amidine groups is 1. The van der Waals surface area contributed by atoms with Gasteiger partial charge in [-0.2, -0.15) is 0 Å². The number of nitrogens with zero attached hydrogens (tertiary/aromatic N) is 1. The van der Waals surface area contributed by atoms with Crippen LogP contribution < -0.4 is 16.0 Å². The normalized spacial score (nSPS) is 27.1. The van der Waals surface area contributed by atoms with Crippen LogP contribution in [0.3, 0.4) is 0 Å². The lowest BCUT2D eigenvalue weighted by molar-refractivity contribution is -0.116. The van der Waals surface area contributed by atoms with Crippen molar-refractivity contribution in [3.8, 4) is 0 Å². The molecule has 0 aromatic carbocycles. The highest BCUT2D eigenvalue weighted by molar-refractivity contribution is 6.06. The molecular weight excluding hydrogens is 338 g/mol. The van der Waals surface area contributed by atoms with Gasteiger partial charge in [0.05, 0.1) is 11.4 Å². The van der Waals surface area contributed by atoms with Crippen molar-refractivity contribution in [3.63, 3.8) is 0 Å². The highest BCUT2D eigenvalue weighted by Gasteiger charge is 2.31. The molecule has 4 N–H and O–H groups in total. The van der Waals surface area contributed by atoms with E-state index < -0.39 is 0 Å². The molecule has 1 saturated carbocycles. The second kappa shape index (κ2) is 8.91. The average Bonchev–Trinajstić information content (AvgIpc) is 2.64. The number of rotatable bonds is 4. The van der Waals surface area contributed by atoms with Crippen molar-refractivity contribution in [1.29, 1.82) is 5.41 Å². The van der Waals surface area contributed by atoms with Crippen LogP contribution in [0.15, 0.2) is 23.0 Å². The molecule has 1 amide bonds. The quantitative estimate of drug-likeness (QED) is 0.451. The number of dihydropyridines is 1. The van der Waals surface area contributed by atoms with E-state index in [1.807, 2.05) is 13.0 Å². The van der Waals surface area contributed by atoms with Crippen LogP contribution in [0.1, 0.15) is 59.3 Å². The minimum Gasteiger partial charge on any atom is -0.367 e. The fraction of sp³-hybridized carbons (Fsp3) is 0.714. The summed E-state index contributed by atoms with van der Waals surface area (Å²) in [6.07, 6.45) is 9.80.